The molecule has 0 saturated carbocycles. The Bertz CT molecular complexity index is 2530. The quantitative estimate of drug-likeness (QED) is 0.0874. The smallest absolute Gasteiger partial charge is 0.0548 e. The highest BCUT2D eigenvalue weighted by molar-refractivity contribution is 7.26. The molecule has 3 aromatic heterocycles. The molecule has 0 aliphatic rings. The lowest BCUT2D eigenvalue weighted by Gasteiger charge is -2.10. The van der Waals surface area contributed by atoms with E-state index in [2.05, 4.69) is 144 Å². The van der Waals surface area contributed by atoms with Crippen molar-refractivity contribution < 1.29 is 0 Å². The van der Waals surface area contributed by atoms with Crippen LogP contribution in [-0.2, 0) is 12.8 Å². The molecule has 278 valence electrons. The summed E-state index contributed by atoms with van der Waals surface area (Å²) in [6.45, 7) is 4.58. The number of unbranched alkanes of at least 4 members (excludes halogenated alkanes) is 10. The van der Waals surface area contributed by atoms with Gasteiger partial charge in [-0.2, -0.15) is 0 Å². The molecule has 0 unspecified atom stereocenters. The number of benzene rings is 6. The van der Waals surface area contributed by atoms with Crippen LogP contribution in [-0.4, -0.2) is 9.13 Å². The van der Waals surface area contributed by atoms with Gasteiger partial charge in [-0.05, 0) is 97.5 Å². The lowest BCUT2D eigenvalue weighted by molar-refractivity contribution is 0.607. The molecule has 0 saturated heterocycles. The van der Waals surface area contributed by atoms with Gasteiger partial charge in [-0.25, -0.2) is 0 Å². The van der Waals surface area contributed by atoms with Crippen molar-refractivity contribution in [1.29, 1.82) is 0 Å². The topological polar surface area (TPSA) is 9.86 Å². The Hall–Kier alpha value is -4.86. The van der Waals surface area contributed by atoms with Gasteiger partial charge in [-0.1, -0.05) is 139 Å². The van der Waals surface area contributed by atoms with E-state index >= 15 is 0 Å². The van der Waals surface area contributed by atoms with Gasteiger partial charge in [0.1, 0.15) is 0 Å². The summed E-state index contributed by atoms with van der Waals surface area (Å²) < 4.78 is 7.68. The number of aromatic nitrogens is 2. The fourth-order valence-electron chi connectivity index (χ4n) is 9.10. The number of fused-ring (bicyclic) bond motifs is 9. The van der Waals surface area contributed by atoms with E-state index in [0.29, 0.717) is 0 Å². The zero-order valence-corrected chi connectivity index (χ0v) is 33.6. The van der Waals surface area contributed by atoms with Gasteiger partial charge in [0.15, 0.2) is 0 Å². The lowest BCUT2D eigenvalue weighted by atomic mass is 10.0. The zero-order chi connectivity index (χ0) is 37.1. The number of nitrogens with zero attached hydrogens (tertiary/aromatic N) is 2. The van der Waals surface area contributed by atoms with Crippen molar-refractivity contribution in [2.45, 2.75) is 104 Å². The molecule has 3 heteroatoms. The zero-order valence-electron chi connectivity index (χ0n) is 32.7. The van der Waals surface area contributed by atoms with Gasteiger partial charge in [-0.15, -0.1) is 11.3 Å². The van der Waals surface area contributed by atoms with Crippen LogP contribution in [0.1, 0.15) is 102 Å². The molecule has 2 nitrogen and oxygen atoms in total. The third-order valence-corrected chi connectivity index (χ3v) is 13.2. The molecule has 0 N–H and O–H groups in total. The predicted octanol–water partition coefficient (Wildman–Crippen LogP) is 16.1. The molecule has 3 heterocycles. The van der Waals surface area contributed by atoms with Crippen LogP contribution in [0.3, 0.4) is 0 Å². The maximum absolute atomic E-state index is 2.49. The van der Waals surface area contributed by atoms with E-state index < -0.39 is 0 Å². The molecule has 0 fully saturated rings. The highest BCUT2D eigenvalue weighted by atomic mass is 32.1. The number of rotatable bonds is 16. The third-order valence-electron chi connectivity index (χ3n) is 12.1. The minimum absolute atomic E-state index is 1.16. The number of hydrogen-bond acceptors (Lipinski definition) is 1. The summed E-state index contributed by atoms with van der Waals surface area (Å²) in [5, 5.41) is 7.96. The Morgan fingerprint density at radius 3 is 1.20 bits per heavy atom. The summed E-state index contributed by atoms with van der Waals surface area (Å²) in [4.78, 5) is 0. The molecule has 0 bridgehead atoms. The SMILES string of the molecule is CCCCCCCCc1ccc(-n2c3ccccc3c3cc4sc5cc6c7ccccc7n(-c7ccc(CCCCCCCC)cc7)c6cc5c4cc32)cc1. The first-order valence-electron chi connectivity index (χ1n) is 21.2. The standard InChI is InChI=1S/C52H54N2S/c1-3-5-7-9-11-13-19-37-25-29-39(30-26-37)53-47-23-17-15-21-41(47)43-35-51-45(33-49(43)53)46-34-50-44(36-52(46)55-51)42-22-16-18-24-48(42)54(50)40-31-27-38(28-32-40)20-14-12-10-8-6-4-2/h15-18,21-36H,3-14,19-20H2,1-2H3. The first kappa shape index (κ1) is 35.8. The molecular weight excluding hydrogens is 685 g/mol. The molecule has 0 amide bonds. The van der Waals surface area contributed by atoms with Gasteiger partial charge < -0.3 is 9.13 Å². The van der Waals surface area contributed by atoms with Crippen molar-refractivity contribution in [3.05, 3.63) is 132 Å². The van der Waals surface area contributed by atoms with Crippen molar-refractivity contribution in [1.82, 2.24) is 9.13 Å². The normalized spacial score (nSPS) is 12.1. The van der Waals surface area contributed by atoms with E-state index in [4.69, 9.17) is 0 Å². The summed E-state index contributed by atoms with van der Waals surface area (Å²) in [5.41, 5.74) is 10.4. The van der Waals surface area contributed by atoms with Crippen molar-refractivity contribution >= 4 is 75.1 Å². The van der Waals surface area contributed by atoms with Crippen LogP contribution in [0, 0.1) is 0 Å². The van der Waals surface area contributed by atoms with Crippen molar-refractivity contribution in [3.8, 4) is 11.4 Å². The number of para-hydroxylation sites is 2. The van der Waals surface area contributed by atoms with E-state index in [-0.39, 0.29) is 0 Å². The fraction of sp³-hybridized carbons (Fsp3) is 0.308. The van der Waals surface area contributed by atoms with Crippen molar-refractivity contribution in [2.24, 2.45) is 0 Å². The van der Waals surface area contributed by atoms with E-state index in [0.717, 1.165) is 12.8 Å². The second kappa shape index (κ2) is 16.1. The Morgan fingerprint density at radius 2 is 0.764 bits per heavy atom. The largest absolute Gasteiger partial charge is 0.309 e. The molecule has 0 aliphatic carbocycles. The third kappa shape index (κ3) is 6.97. The summed E-state index contributed by atoms with van der Waals surface area (Å²) in [7, 11) is 0. The molecule has 55 heavy (non-hydrogen) atoms. The molecular formula is C52H54N2S. The van der Waals surface area contributed by atoms with E-state index in [9.17, 15) is 0 Å². The lowest BCUT2D eigenvalue weighted by Crippen LogP contribution is -1.95. The van der Waals surface area contributed by atoms with Gasteiger partial charge in [0.2, 0.25) is 0 Å². The van der Waals surface area contributed by atoms with Gasteiger partial charge in [-0.3, -0.25) is 0 Å². The van der Waals surface area contributed by atoms with Gasteiger partial charge in [0.05, 0.1) is 22.1 Å². The van der Waals surface area contributed by atoms with E-state index in [1.165, 1.54) is 163 Å². The molecule has 6 aromatic carbocycles. The van der Waals surface area contributed by atoms with Crippen molar-refractivity contribution in [3.63, 3.8) is 0 Å². The summed E-state index contributed by atoms with van der Waals surface area (Å²) in [5.74, 6) is 0. The summed E-state index contributed by atoms with van der Waals surface area (Å²) in [6, 6.07) is 46.6. The molecule has 0 radical (unpaired) electrons. The summed E-state index contributed by atoms with van der Waals surface area (Å²) >= 11 is 1.93. The van der Waals surface area contributed by atoms with Crippen LogP contribution < -0.4 is 0 Å². The van der Waals surface area contributed by atoms with Crippen LogP contribution in [0.5, 0.6) is 0 Å². The van der Waals surface area contributed by atoms with E-state index in [1.807, 2.05) is 11.3 Å². The Kier molecular flexibility index (Phi) is 10.5. The maximum Gasteiger partial charge on any atom is 0.0548 e. The first-order valence-corrected chi connectivity index (χ1v) is 22.0. The minimum atomic E-state index is 1.16. The number of thiophene rings is 1. The second-order valence-corrected chi connectivity index (χ2v) is 17.0. The fourth-order valence-corrected chi connectivity index (χ4v) is 10.2. The van der Waals surface area contributed by atoms with Gasteiger partial charge >= 0.3 is 0 Å². The monoisotopic (exact) mass is 738 g/mol. The highest BCUT2D eigenvalue weighted by Crippen LogP contribution is 2.44. The molecule has 9 rings (SSSR count). The van der Waals surface area contributed by atoms with Crippen LogP contribution >= 0.6 is 11.3 Å². The average Bonchev–Trinajstić information content (AvgIpc) is 3.86. The minimum Gasteiger partial charge on any atom is -0.309 e. The Morgan fingerprint density at radius 1 is 0.364 bits per heavy atom. The number of hydrogen-bond donors (Lipinski definition) is 0. The van der Waals surface area contributed by atoms with Gasteiger partial charge in [0, 0.05) is 53.1 Å². The first-order chi connectivity index (χ1) is 27.2. The van der Waals surface area contributed by atoms with Crippen LogP contribution in [0.2, 0.25) is 0 Å². The maximum atomic E-state index is 2.49. The van der Waals surface area contributed by atoms with Crippen LogP contribution in [0.15, 0.2) is 121 Å². The van der Waals surface area contributed by atoms with Crippen LogP contribution in [0.25, 0.3) is 75.2 Å². The van der Waals surface area contributed by atoms with Crippen LogP contribution in [0.4, 0.5) is 0 Å². The summed E-state index contributed by atoms with van der Waals surface area (Å²) in [6.07, 6.45) is 18.4. The Labute approximate surface area is 330 Å². The second-order valence-electron chi connectivity index (χ2n) is 15.9. The average molecular weight is 739 g/mol. The van der Waals surface area contributed by atoms with E-state index in [1.54, 1.807) is 0 Å². The molecule has 0 atom stereocenters. The highest BCUT2D eigenvalue weighted by Gasteiger charge is 2.19. The van der Waals surface area contributed by atoms with Gasteiger partial charge in [0.25, 0.3) is 0 Å². The molecule has 9 aromatic rings. The Balaban J connectivity index is 1.10. The van der Waals surface area contributed by atoms with Crippen molar-refractivity contribution in [2.75, 3.05) is 0 Å². The number of aryl methyl sites for hydroxylation is 2. The molecule has 0 spiro atoms. The molecule has 0 aliphatic heterocycles. The predicted molar refractivity (Wildman–Crippen MR) is 242 cm³/mol.